The minimum absolute atomic E-state index is 0.268. The molecule has 0 fully saturated rings. The van der Waals surface area contributed by atoms with Crippen molar-refractivity contribution in [1.29, 1.82) is 0 Å². The summed E-state index contributed by atoms with van der Waals surface area (Å²) in [6, 6.07) is 17.9. The zero-order chi connectivity index (χ0) is 21.5. The molecule has 0 aliphatic carbocycles. The fourth-order valence-corrected chi connectivity index (χ4v) is 3.28. The van der Waals surface area contributed by atoms with E-state index in [0.29, 0.717) is 41.2 Å². The Balaban J connectivity index is 1.61. The third kappa shape index (κ3) is 5.89. The van der Waals surface area contributed by atoms with E-state index < -0.39 is 5.97 Å². The van der Waals surface area contributed by atoms with Gasteiger partial charge in [-0.25, -0.2) is 4.79 Å². The molecule has 2 N–H and O–H groups in total. The smallest absolute Gasteiger partial charge is 0.335 e. The molecule has 3 aromatic rings. The Morgan fingerprint density at radius 2 is 1.57 bits per heavy atom. The maximum atomic E-state index is 10.9. The predicted octanol–water partition coefficient (Wildman–Crippen LogP) is 5.57. The summed E-state index contributed by atoms with van der Waals surface area (Å²) in [6.45, 7) is 1.50. The van der Waals surface area contributed by atoms with E-state index in [1.54, 1.807) is 31.4 Å². The second-order valence-electron chi connectivity index (χ2n) is 6.63. The van der Waals surface area contributed by atoms with Gasteiger partial charge in [-0.2, -0.15) is 0 Å². The Bertz CT molecular complexity index is 1000. The Morgan fingerprint density at radius 3 is 2.20 bits per heavy atom. The van der Waals surface area contributed by atoms with Crippen molar-refractivity contribution < 1.29 is 19.4 Å². The maximum absolute atomic E-state index is 10.9. The average molecular weight is 446 g/mol. The molecule has 0 radical (unpaired) electrons. The molecule has 0 aliphatic rings. The third-order valence-corrected chi connectivity index (χ3v) is 4.98. The summed E-state index contributed by atoms with van der Waals surface area (Å²) in [6.07, 6.45) is 0. The molecule has 7 heteroatoms. The van der Waals surface area contributed by atoms with Gasteiger partial charge >= 0.3 is 5.97 Å². The number of nitrogens with one attached hydrogen (secondary N) is 1. The van der Waals surface area contributed by atoms with Gasteiger partial charge in [0.15, 0.2) is 11.5 Å². The van der Waals surface area contributed by atoms with Crippen LogP contribution in [-0.2, 0) is 19.7 Å². The quantitative estimate of drug-likeness (QED) is 0.450. The Morgan fingerprint density at radius 1 is 0.933 bits per heavy atom. The van der Waals surface area contributed by atoms with Crippen LogP contribution in [-0.4, -0.2) is 18.2 Å². The van der Waals surface area contributed by atoms with Crippen LogP contribution in [0.1, 0.15) is 27.0 Å². The van der Waals surface area contributed by atoms with E-state index in [9.17, 15) is 4.79 Å². The van der Waals surface area contributed by atoms with E-state index >= 15 is 0 Å². The number of carbonyl (C=O) groups is 1. The molecule has 0 spiro atoms. The van der Waals surface area contributed by atoms with Gasteiger partial charge in [0.25, 0.3) is 0 Å². The van der Waals surface area contributed by atoms with Crippen LogP contribution in [0.3, 0.4) is 0 Å². The van der Waals surface area contributed by atoms with Gasteiger partial charge in [0.1, 0.15) is 6.61 Å². The van der Waals surface area contributed by atoms with Gasteiger partial charge in [0, 0.05) is 18.1 Å². The second kappa shape index (κ2) is 10.3. The van der Waals surface area contributed by atoms with Crippen LogP contribution in [0.15, 0.2) is 60.7 Å². The van der Waals surface area contributed by atoms with Crippen LogP contribution in [0.4, 0.5) is 0 Å². The third-order valence-electron chi connectivity index (χ3n) is 4.44. The van der Waals surface area contributed by atoms with Gasteiger partial charge in [0.2, 0.25) is 0 Å². The highest BCUT2D eigenvalue weighted by molar-refractivity contribution is 6.32. The molecule has 156 valence electrons. The first-order chi connectivity index (χ1) is 14.5. The number of aromatic carboxylic acids is 1. The molecule has 0 amide bonds. The molecule has 3 aromatic carbocycles. The lowest BCUT2D eigenvalue weighted by molar-refractivity contribution is 0.0697. The highest BCUT2D eigenvalue weighted by Crippen LogP contribution is 2.37. The van der Waals surface area contributed by atoms with E-state index in [4.69, 9.17) is 37.8 Å². The average Bonchev–Trinajstić information content (AvgIpc) is 2.74. The lowest BCUT2D eigenvalue weighted by atomic mass is 10.1. The fourth-order valence-electron chi connectivity index (χ4n) is 2.87. The van der Waals surface area contributed by atoms with Crippen LogP contribution in [0.25, 0.3) is 0 Å². The molecule has 0 saturated heterocycles. The Hall–Kier alpha value is -2.73. The molecule has 30 heavy (non-hydrogen) atoms. The molecule has 5 nitrogen and oxygen atoms in total. The number of carboxylic acids is 1. The summed E-state index contributed by atoms with van der Waals surface area (Å²) >= 11 is 12.3. The molecular weight excluding hydrogens is 425 g/mol. The Labute approximate surface area is 185 Å². The van der Waals surface area contributed by atoms with Crippen molar-refractivity contribution in [2.45, 2.75) is 19.7 Å². The standard InChI is InChI=1S/C23H21Cl2NO4/c1-29-21-11-17(13-26-12-15-2-6-18(7-3-15)23(27)28)10-20(25)22(21)30-14-16-4-8-19(24)9-5-16/h2-11,26H,12-14H2,1H3,(H,27,28). The molecule has 0 aromatic heterocycles. The number of hydrogen-bond acceptors (Lipinski definition) is 4. The van der Waals surface area contributed by atoms with Crippen LogP contribution in [0, 0.1) is 0 Å². The highest BCUT2D eigenvalue weighted by Gasteiger charge is 2.12. The van der Waals surface area contributed by atoms with E-state index in [1.807, 2.05) is 36.4 Å². The lowest BCUT2D eigenvalue weighted by Crippen LogP contribution is -2.13. The number of ether oxygens (including phenoxy) is 2. The lowest BCUT2D eigenvalue weighted by Gasteiger charge is -2.15. The molecule has 0 unspecified atom stereocenters. The van der Waals surface area contributed by atoms with Gasteiger partial charge < -0.3 is 19.9 Å². The number of methoxy groups -OCH3 is 1. The van der Waals surface area contributed by atoms with E-state index in [2.05, 4.69) is 5.32 Å². The predicted molar refractivity (Wildman–Crippen MR) is 118 cm³/mol. The van der Waals surface area contributed by atoms with Crippen molar-refractivity contribution in [3.05, 3.63) is 93.0 Å². The fraction of sp³-hybridized carbons (Fsp3) is 0.174. The summed E-state index contributed by atoms with van der Waals surface area (Å²) in [7, 11) is 1.57. The number of benzene rings is 3. The summed E-state index contributed by atoms with van der Waals surface area (Å²) in [5, 5.41) is 13.4. The first-order valence-corrected chi connectivity index (χ1v) is 9.98. The number of rotatable bonds is 9. The zero-order valence-corrected chi connectivity index (χ0v) is 17.8. The molecule has 3 rings (SSSR count). The van der Waals surface area contributed by atoms with Gasteiger partial charge in [-0.05, 0) is 53.1 Å². The number of halogens is 2. The number of hydrogen-bond donors (Lipinski definition) is 2. The molecular formula is C23H21Cl2NO4. The normalized spacial score (nSPS) is 10.6. The minimum Gasteiger partial charge on any atom is -0.493 e. The van der Waals surface area contributed by atoms with Gasteiger partial charge in [-0.15, -0.1) is 0 Å². The largest absolute Gasteiger partial charge is 0.493 e. The van der Waals surface area contributed by atoms with Gasteiger partial charge in [0.05, 0.1) is 17.7 Å². The molecule has 0 atom stereocenters. The molecule has 0 bridgehead atoms. The maximum Gasteiger partial charge on any atom is 0.335 e. The van der Waals surface area contributed by atoms with Crippen molar-refractivity contribution in [2.75, 3.05) is 7.11 Å². The SMILES string of the molecule is COc1cc(CNCc2ccc(C(=O)O)cc2)cc(Cl)c1OCc1ccc(Cl)cc1. The van der Waals surface area contributed by atoms with Crippen molar-refractivity contribution >= 4 is 29.2 Å². The van der Waals surface area contributed by atoms with Crippen molar-refractivity contribution in [3.8, 4) is 11.5 Å². The summed E-state index contributed by atoms with van der Waals surface area (Å²) in [4.78, 5) is 10.9. The van der Waals surface area contributed by atoms with Crippen LogP contribution in [0.2, 0.25) is 10.0 Å². The highest BCUT2D eigenvalue weighted by atomic mass is 35.5. The van der Waals surface area contributed by atoms with E-state index in [1.165, 1.54) is 0 Å². The van der Waals surface area contributed by atoms with Gasteiger partial charge in [-0.3, -0.25) is 0 Å². The van der Waals surface area contributed by atoms with Crippen molar-refractivity contribution in [3.63, 3.8) is 0 Å². The summed E-state index contributed by atoms with van der Waals surface area (Å²) in [5.74, 6) is 0.107. The van der Waals surface area contributed by atoms with Gasteiger partial charge in [-0.1, -0.05) is 47.5 Å². The monoisotopic (exact) mass is 445 g/mol. The van der Waals surface area contributed by atoms with Crippen LogP contribution >= 0.6 is 23.2 Å². The van der Waals surface area contributed by atoms with E-state index in [-0.39, 0.29) is 5.56 Å². The summed E-state index contributed by atoms with van der Waals surface area (Å²) < 4.78 is 11.3. The Kier molecular flexibility index (Phi) is 7.57. The molecule has 0 heterocycles. The first-order valence-electron chi connectivity index (χ1n) is 9.23. The molecule has 0 aliphatic heterocycles. The van der Waals surface area contributed by atoms with Crippen molar-refractivity contribution in [2.24, 2.45) is 0 Å². The van der Waals surface area contributed by atoms with Crippen LogP contribution < -0.4 is 14.8 Å². The molecule has 0 saturated carbocycles. The summed E-state index contributed by atoms with van der Waals surface area (Å²) in [5.41, 5.74) is 3.17. The van der Waals surface area contributed by atoms with Crippen molar-refractivity contribution in [1.82, 2.24) is 5.32 Å². The topological polar surface area (TPSA) is 67.8 Å². The van der Waals surface area contributed by atoms with Crippen LogP contribution in [0.5, 0.6) is 11.5 Å². The first kappa shape index (κ1) is 22.0. The number of carboxylic acid groups (broad SMARTS) is 1. The minimum atomic E-state index is -0.936. The second-order valence-corrected chi connectivity index (χ2v) is 7.47. The zero-order valence-electron chi connectivity index (χ0n) is 16.3. The van der Waals surface area contributed by atoms with E-state index in [0.717, 1.165) is 16.7 Å².